The molecular formula is C12H13BrN2O. The summed E-state index contributed by atoms with van der Waals surface area (Å²) in [5, 5.41) is 0. The Morgan fingerprint density at radius 2 is 2.25 bits per heavy atom. The number of halogens is 1. The molecule has 16 heavy (non-hydrogen) atoms. The van der Waals surface area contributed by atoms with Crippen molar-refractivity contribution in [2.24, 2.45) is 5.73 Å². The molecule has 4 heteroatoms. The lowest BCUT2D eigenvalue weighted by atomic mass is 10.1. The van der Waals surface area contributed by atoms with Crippen LogP contribution in [0.4, 0.5) is 0 Å². The van der Waals surface area contributed by atoms with Crippen LogP contribution in [0.25, 0.3) is 11.3 Å². The molecule has 2 rings (SSSR count). The molecule has 0 unspecified atom stereocenters. The molecule has 1 aromatic heterocycles. The molecule has 0 aliphatic carbocycles. The highest BCUT2D eigenvalue weighted by molar-refractivity contribution is 9.10. The van der Waals surface area contributed by atoms with Crippen molar-refractivity contribution in [3.63, 3.8) is 0 Å². The summed E-state index contributed by atoms with van der Waals surface area (Å²) in [5.74, 6) is 1.49. The first-order chi connectivity index (χ1) is 7.70. The van der Waals surface area contributed by atoms with Gasteiger partial charge < -0.3 is 10.2 Å². The fourth-order valence-corrected chi connectivity index (χ4v) is 1.89. The maximum Gasteiger partial charge on any atom is 0.196 e. The van der Waals surface area contributed by atoms with Gasteiger partial charge in [0.1, 0.15) is 0 Å². The van der Waals surface area contributed by atoms with E-state index in [1.807, 2.05) is 25.1 Å². The first-order valence-corrected chi connectivity index (χ1v) is 5.91. The number of hydrogen-bond donors (Lipinski definition) is 1. The van der Waals surface area contributed by atoms with Gasteiger partial charge in [-0.15, -0.1) is 0 Å². The second-order valence-corrected chi connectivity index (χ2v) is 4.53. The summed E-state index contributed by atoms with van der Waals surface area (Å²) in [6.07, 6.45) is 2.42. The largest absolute Gasteiger partial charge is 0.441 e. The summed E-state index contributed by atoms with van der Waals surface area (Å²) in [7, 11) is 0. The van der Waals surface area contributed by atoms with Crippen LogP contribution in [0.1, 0.15) is 11.5 Å². The Morgan fingerprint density at radius 3 is 3.00 bits per heavy atom. The minimum absolute atomic E-state index is 0.553. The SMILES string of the molecule is Cc1ccc(Br)cc1-c1cnc(CCN)o1. The van der Waals surface area contributed by atoms with E-state index in [2.05, 4.69) is 20.9 Å². The van der Waals surface area contributed by atoms with Crippen molar-refractivity contribution in [2.45, 2.75) is 13.3 Å². The molecular weight excluding hydrogens is 268 g/mol. The van der Waals surface area contributed by atoms with Crippen LogP contribution >= 0.6 is 15.9 Å². The summed E-state index contributed by atoms with van der Waals surface area (Å²) in [4.78, 5) is 4.19. The van der Waals surface area contributed by atoms with E-state index in [0.29, 0.717) is 18.9 Å². The highest BCUT2D eigenvalue weighted by atomic mass is 79.9. The number of oxazole rings is 1. The molecule has 0 saturated heterocycles. The predicted molar refractivity (Wildman–Crippen MR) is 67.1 cm³/mol. The molecule has 0 amide bonds. The number of nitrogens with two attached hydrogens (primary N) is 1. The molecule has 3 nitrogen and oxygen atoms in total. The summed E-state index contributed by atoms with van der Waals surface area (Å²) in [5.41, 5.74) is 7.68. The Hall–Kier alpha value is -1.13. The highest BCUT2D eigenvalue weighted by Gasteiger charge is 2.08. The highest BCUT2D eigenvalue weighted by Crippen LogP contribution is 2.27. The van der Waals surface area contributed by atoms with Gasteiger partial charge in [-0.2, -0.15) is 0 Å². The van der Waals surface area contributed by atoms with Crippen LogP contribution in [0.5, 0.6) is 0 Å². The van der Waals surface area contributed by atoms with Crippen LogP contribution in [0.2, 0.25) is 0 Å². The standard InChI is InChI=1S/C12H13BrN2O/c1-8-2-3-9(13)6-10(8)11-7-15-12(16-11)4-5-14/h2-3,6-7H,4-5,14H2,1H3. The molecule has 2 aromatic rings. The van der Waals surface area contributed by atoms with E-state index in [9.17, 15) is 0 Å². The molecule has 0 aliphatic rings. The van der Waals surface area contributed by atoms with E-state index in [1.165, 1.54) is 5.56 Å². The minimum atomic E-state index is 0.553. The molecule has 0 bridgehead atoms. The monoisotopic (exact) mass is 280 g/mol. The average molecular weight is 281 g/mol. The van der Waals surface area contributed by atoms with Gasteiger partial charge in [-0.1, -0.05) is 22.0 Å². The third kappa shape index (κ3) is 2.33. The molecule has 1 heterocycles. The van der Waals surface area contributed by atoms with E-state index in [1.54, 1.807) is 6.20 Å². The zero-order valence-electron chi connectivity index (χ0n) is 9.03. The zero-order chi connectivity index (χ0) is 11.5. The quantitative estimate of drug-likeness (QED) is 0.941. The average Bonchev–Trinajstić information content (AvgIpc) is 2.71. The van der Waals surface area contributed by atoms with Crippen LogP contribution in [0, 0.1) is 6.92 Å². The van der Waals surface area contributed by atoms with Crippen LogP contribution in [-0.2, 0) is 6.42 Å². The first-order valence-electron chi connectivity index (χ1n) is 5.12. The number of aromatic nitrogens is 1. The first kappa shape index (κ1) is 11.4. The van der Waals surface area contributed by atoms with Gasteiger partial charge in [0.15, 0.2) is 11.7 Å². The smallest absolute Gasteiger partial charge is 0.196 e. The van der Waals surface area contributed by atoms with Crippen LogP contribution in [-0.4, -0.2) is 11.5 Å². The summed E-state index contributed by atoms with van der Waals surface area (Å²) in [6.45, 7) is 2.60. The van der Waals surface area contributed by atoms with E-state index in [0.717, 1.165) is 15.8 Å². The van der Waals surface area contributed by atoms with Crippen molar-refractivity contribution in [1.82, 2.24) is 4.98 Å². The fourth-order valence-electron chi connectivity index (χ4n) is 1.53. The van der Waals surface area contributed by atoms with Gasteiger partial charge in [0, 0.05) is 23.0 Å². The maximum absolute atomic E-state index is 5.63. The van der Waals surface area contributed by atoms with E-state index >= 15 is 0 Å². The third-order valence-corrected chi connectivity index (χ3v) is 2.87. The topological polar surface area (TPSA) is 52.0 Å². The Balaban J connectivity index is 2.38. The van der Waals surface area contributed by atoms with Gasteiger partial charge in [-0.05, 0) is 24.6 Å². The summed E-state index contributed by atoms with van der Waals surface area (Å²) < 4.78 is 6.67. The molecule has 0 fully saturated rings. The Morgan fingerprint density at radius 1 is 1.44 bits per heavy atom. The Bertz CT molecular complexity index is 494. The summed E-state index contributed by atoms with van der Waals surface area (Å²) >= 11 is 3.45. The third-order valence-electron chi connectivity index (χ3n) is 2.38. The van der Waals surface area contributed by atoms with Gasteiger partial charge in [-0.3, -0.25) is 0 Å². The van der Waals surface area contributed by atoms with Crippen molar-refractivity contribution in [2.75, 3.05) is 6.54 Å². The van der Waals surface area contributed by atoms with Crippen LogP contribution in [0.15, 0.2) is 33.3 Å². The summed E-state index contributed by atoms with van der Waals surface area (Å²) in [6, 6.07) is 6.09. The van der Waals surface area contributed by atoms with Crippen LogP contribution in [0.3, 0.4) is 0 Å². The lowest BCUT2D eigenvalue weighted by molar-refractivity contribution is 0.507. The number of rotatable bonds is 3. The van der Waals surface area contributed by atoms with Crippen molar-refractivity contribution in [3.05, 3.63) is 40.3 Å². The molecule has 0 spiro atoms. The molecule has 84 valence electrons. The Labute approximate surface area is 103 Å². The maximum atomic E-state index is 5.63. The van der Waals surface area contributed by atoms with Gasteiger partial charge in [0.25, 0.3) is 0 Å². The number of aryl methyl sites for hydroxylation is 1. The van der Waals surface area contributed by atoms with Gasteiger partial charge in [-0.25, -0.2) is 4.98 Å². The zero-order valence-corrected chi connectivity index (χ0v) is 10.6. The lowest BCUT2D eigenvalue weighted by Gasteiger charge is -2.02. The van der Waals surface area contributed by atoms with Crippen molar-refractivity contribution in [3.8, 4) is 11.3 Å². The van der Waals surface area contributed by atoms with E-state index < -0.39 is 0 Å². The molecule has 1 aromatic carbocycles. The van der Waals surface area contributed by atoms with E-state index in [4.69, 9.17) is 10.2 Å². The number of benzene rings is 1. The van der Waals surface area contributed by atoms with Crippen molar-refractivity contribution in [1.29, 1.82) is 0 Å². The fraction of sp³-hybridized carbons (Fsp3) is 0.250. The van der Waals surface area contributed by atoms with Crippen molar-refractivity contribution >= 4 is 15.9 Å². The second kappa shape index (κ2) is 4.80. The van der Waals surface area contributed by atoms with Gasteiger partial charge >= 0.3 is 0 Å². The molecule has 0 saturated carbocycles. The van der Waals surface area contributed by atoms with Gasteiger partial charge in [0.05, 0.1) is 6.20 Å². The van der Waals surface area contributed by atoms with Gasteiger partial charge in [0.2, 0.25) is 0 Å². The molecule has 0 atom stereocenters. The number of hydrogen-bond acceptors (Lipinski definition) is 3. The number of nitrogens with zero attached hydrogens (tertiary/aromatic N) is 1. The molecule has 0 radical (unpaired) electrons. The van der Waals surface area contributed by atoms with Crippen LogP contribution < -0.4 is 5.73 Å². The normalized spacial score (nSPS) is 10.7. The lowest BCUT2D eigenvalue weighted by Crippen LogP contribution is -2.02. The predicted octanol–water partition coefficient (Wildman–Crippen LogP) is 2.91. The molecule has 2 N–H and O–H groups in total. The second-order valence-electron chi connectivity index (χ2n) is 3.62. The Kier molecular flexibility index (Phi) is 3.41. The van der Waals surface area contributed by atoms with E-state index in [-0.39, 0.29) is 0 Å². The minimum Gasteiger partial charge on any atom is -0.441 e. The molecule has 0 aliphatic heterocycles. The van der Waals surface area contributed by atoms with Crippen molar-refractivity contribution < 1.29 is 4.42 Å².